The first kappa shape index (κ1) is 20.5. The predicted octanol–water partition coefficient (Wildman–Crippen LogP) is 4.66. The number of hydrogen-bond donors (Lipinski definition) is 1. The van der Waals surface area contributed by atoms with Crippen LogP contribution in [0.5, 0.6) is 5.75 Å². The molecule has 1 saturated carbocycles. The minimum Gasteiger partial charge on any atom is -0.497 e. The molecule has 2 amide bonds. The van der Waals surface area contributed by atoms with Crippen molar-refractivity contribution in [3.05, 3.63) is 46.7 Å². The number of urea groups is 1. The zero-order valence-electron chi connectivity index (χ0n) is 18.0. The van der Waals surface area contributed by atoms with E-state index in [-0.39, 0.29) is 6.03 Å². The lowest BCUT2D eigenvalue weighted by Crippen LogP contribution is -2.52. The average molecular weight is 439 g/mol. The summed E-state index contributed by atoms with van der Waals surface area (Å²) in [5, 5.41) is 7.50. The van der Waals surface area contributed by atoms with Crippen molar-refractivity contribution in [1.29, 1.82) is 0 Å². The third kappa shape index (κ3) is 3.96. The van der Waals surface area contributed by atoms with Crippen LogP contribution in [0.3, 0.4) is 0 Å². The van der Waals surface area contributed by atoms with Crippen LogP contribution >= 0.6 is 11.3 Å². The van der Waals surface area contributed by atoms with Crippen LogP contribution in [0, 0.1) is 0 Å². The normalized spacial score (nSPS) is 26.2. The van der Waals surface area contributed by atoms with E-state index < -0.39 is 5.54 Å². The van der Waals surface area contributed by atoms with Gasteiger partial charge >= 0.3 is 6.03 Å². The molecular formula is C24H30N4O2S. The zero-order chi connectivity index (χ0) is 21.3. The molecule has 0 bridgehead atoms. The molecule has 1 unspecified atom stereocenters. The molecule has 2 aliphatic heterocycles. The number of amides is 2. The Balaban J connectivity index is 1.50. The number of benzene rings is 1. The predicted molar refractivity (Wildman–Crippen MR) is 125 cm³/mol. The Morgan fingerprint density at radius 2 is 2.13 bits per heavy atom. The number of nitrogens with zero attached hydrogens (tertiary/aromatic N) is 3. The lowest BCUT2D eigenvalue weighted by atomic mass is 9.93. The van der Waals surface area contributed by atoms with E-state index in [4.69, 9.17) is 9.73 Å². The van der Waals surface area contributed by atoms with Crippen molar-refractivity contribution >= 4 is 28.9 Å². The highest BCUT2D eigenvalue weighted by Crippen LogP contribution is 2.39. The molecular weight excluding hydrogens is 408 g/mol. The number of carbonyl (C=O) groups excluding carboxylic acids is 1. The number of amidine groups is 1. The first-order chi connectivity index (χ1) is 15.2. The lowest BCUT2D eigenvalue weighted by molar-refractivity contribution is 0.250. The maximum absolute atomic E-state index is 13.3. The monoisotopic (exact) mass is 438 g/mol. The minimum atomic E-state index is -0.448. The minimum absolute atomic E-state index is 0.0832. The average Bonchev–Trinajstić information content (AvgIpc) is 3.51. The van der Waals surface area contributed by atoms with E-state index in [2.05, 4.69) is 27.0 Å². The van der Waals surface area contributed by atoms with Crippen molar-refractivity contribution < 1.29 is 9.53 Å². The van der Waals surface area contributed by atoms with Crippen molar-refractivity contribution in [2.75, 3.05) is 25.1 Å². The second kappa shape index (κ2) is 8.63. The number of ether oxygens (including phenoxy) is 1. The van der Waals surface area contributed by atoms with Crippen molar-refractivity contribution in [1.82, 2.24) is 10.2 Å². The van der Waals surface area contributed by atoms with Gasteiger partial charge in [-0.3, -0.25) is 20.1 Å². The van der Waals surface area contributed by atoms with Crippen LogP contribution in [0.15, 0.2) is 46.1 Å². The number of hydrogen-bond acceptors (Lipinski definition) is 5. The van der Waals surface area contributed by atoms with Crippen LogP contribution in [-0.2, 0) is 6.54 Å². The van der Waals surface area contributed by atoms with E-state index in [9.17, 15) is 4.79 Å². The van der Waals surface area contributed by atoms with Crippen molar-refractivity contribution in [2.24, 2.45) is 4.99 Å². The van der Waals surface area contributed by atoms with Crippen LogP contribution in [0.25, 0.3) is 0 Å². The molecule has 6 nitrogen and oxygen atoms in total. The third-order valence-corrected chi connectivity index (χ3v) is 7.54. The van der Waals surface area contributed by atoms with Crippen LogP contribution in [0.2, 0.25) is 0 Å². The van der Waals surface area contributed by atoms with Gasteiger partial charge in [0.15, 0.2) is 0 Å². The van der Waals surface area contributed by atoms with Gasteiger partial charge in [0.2, 0.25) is 0 Å². The van der Waals surface area contributed by atoms with Gasteiger partial charge in [0, 0.05) is 25.7 Å². The molecule has 3 fully saturated rings. The summed E-state index contributed by atoms with van der Waals surface area (Å²) in [6, 6.07) is 10.2. The maximum Gasteiger partial charge on any atom is 0.328 e. The fourth-order valence-electron chi connectivity index (χ4n) is 5.26. The van der Waals surface area contributed by atoms with Gasteiger partial charge in [-0.1, -0.05) is 25.3 Å². The van der Waals surface area contributed by atoms with Crippen LogP contribution in [-0.4, -0.2) is 48.5 Å². The highest BCUT2D eigenvalue weighted by molar-refractivity contribution is 7.07. The summed E-state index contributed by atoms with van der Waals surface area (Å²) in [5.74, 6) is 1.62. The highest BCUT2D eigenvalue weighted by atomic mass is 32.1. The molecule has 1 aromatic heterocycles. The smallest absolute Gasteiger partial charge is 0.328 e. The van der Waals surface area contributed by atoms with Gasteiger partial charge in [0.1, 0.15) is 17.1 Å². The Hall–Kier alpha value is -2.38. The summed E-state index contributed by atoms with van der Waals surface area (Å²) in [4.78, 5) is 22.8. The molecule has 5 rings (SSSR count). The second-order valence-electron chi connectivity index (χ2n) is 8.86. The number of rotatable bonds is 5. The highest BCUT2D eigenvalue weighted by Gasteiger charge is 2.55. The first-order valence-electron chi connectivity index (χ1n) is 11.2. The fourth-order valence-corrected chi connectivity index (χ4v) is 5.92. The van der Waals surface area contributed by atoms with Gasteiger partial charge in [-0.05, 0) is 53.8 Å². The van der Waals surface area contributed by atoms with E-state index in [0.29, 0.717) is 6.04 Å². The third-order valence-electron chi connectivity index (χ3n) is 6.81. The molecule has 3 heterocycles. The topological polar surface area (TPSA) is 57.2 Å². The maximum atomic E-state index is 13.3. The van der Waals surface area contributed by atoms with Crippen LogP contribution in [0.1, 0.15) is 44.1 Å². The summed E-state index contributed by atoms with van der Waals surface area (Å²) in [7, 11) is 1.66. The zero-order valence-corrected chi connectivity index (χ0v) is 18.9. The molecule has 2 aromatic rings. The standard InChI is InChI=1S/C24H30N4O2S/c1-30-21-9-5-8-20(14-21)28-23(29)26-22(25-19-6-3-2-4-7-19)24(28)11-12-27(17-24)15-18-10-13-31-16-18/h5,8-10,13-14,16,19H,2-4,6-7,11-12,15,17H2,1H3,(H,25,26,29). The number of thiophene rings is 1. The summed E-state index contributed by atoms with van der Waals surface area (Å²) >= 11 is 1.73. The number of aliphatic imine (C=N–C) groups is 1. The number of methoxy groups -OCH3 is 1. The molecule has 0 radical (unpaired) electrons. The molecule has 31 heavy (non-hydrogen) atoms. The van der Waals surface area contributed by atoms with Crippen molar-refractivity contribution in [3.8, 4) is 5.75 Å². The molecule has 3 aliphatic rings. The second-order valence-corrected chi connectivity index (χ2v) is 9.64. The van der Waals surface area contributed by atoms with Crippen molar-refractivity contribution in [3.63, 3.8) is 0 Å². The number of nitrogens with one attached hydrogen (secondary N) is 1. The molecule has 164 valence electrons. The molecule has 1 N–H and O–H groups in total. The van der Waals surface area contributed by atoms with Gasteiger partial charge in [-0.15, -0.1) is 0 Å². The lowest BCUT2D eigenvalue weighted by Gasteiger charge is -2.34. The van der Waals surface area contributed by atoms with E-state index in [1.54, 1.807) is 18.4 Å². The first-order valence-corrected chi connectivity index (χ1v) is 12.2. The van der Waals surface area contributed by atoms with Gasteiger partial charge in [-0.25, -0.2) is 4.79 Å². The van der Waals surface area contributed by atoms with E-state index in [1.807, 2.05) is 29.2 Å². The number of anilines is 1. The quantitative estimate of drug-likeness (QED) is 0.739. The molecule has 1 atom stereocenters. The summed E-state index contributed by atoms with van der Waals surface area (Å²) in [6.07, 6.45) is 6.86. The van der Waals surface area contributed by atoms with Crippen LogP contribution in [0.4, 0.5) is 10.5 Å². The molecule has 2 saturated heterocycles. The summed E-state index contributed by atoms with van der Waals surface area (Å²) < 4.78 is 5.44. The van der Waals surface area contributed by atoms with Gasteiger partial charge in [0.25, 0.3) is 0 Å². The van der Waals surface area contributed by atoms with E-state index in [0.717, 1.165) is 56.2 Å². The number of likely N-dealkylation sites (tertiary alicyclic amines) is 1. The Kier molecular flexibility index (Phi) is 5.71. The Labute approximate surface area is 187 Å². The molecule has 1 aromatic carbocycles. The summed E-state index contributed by atoms with van der Waals surface area (Å²) in [6.45, 7) is 2.63. The number of carbonyl (C=O) groups is 1. The van der Waals surface area contributed by atoms with E-state index in [1.165, 1.54) is 24.8 Å². The SMILES string of the molecule is COc1cccc(N2C(=O)NC(=NC3CCCCC3)C23CCN(Cc2ccsc2)C3)c1. The van der Waals surface area contributed by atoms with Crippen molar-refractivity contribution in [2.45, 2.75) is 56.7 Å². The molecule has 1 aliphatic carbocycles. The Morgan fingerprint density at radius 1 is 1.26 bits per heavy atom. The largest absolute Gasteiger partial charge is 0.497 e. The Bertz CT molecular complexity index is 954. The van der Waals surface area contributed by atoms with Gasteiger partial charge in [-0.2, -0.15) is 11.3 Å². The molecule has 7 heteroatoms. The van der Waals surface area contributed by atoms with Gasteiger partial charge in [0.05, 0.1) is 18.8 Å². The summed E-state index contributed by atoms with van der Waals surface area (Å²) in [5.41, 5.74) is 1.75. The van der Waals surface area contributed by atoms with E-state index >= 15 is 0 Å². The molecule has 1 spiro atoms. The Morgan fingerprint density at radius 3 is 2.90 bits per heavy atom. The van der Waals surface area contributed by atoms with Gasteiger partial charge < -0.3 is 4.74 Å². The fraction of sp³-hybridized carbons (Fsp3) is 0.500. The van der Waals surface area contributed by atoms with Crippen LogP contribution < -0.4 is 15.0 Å².